The Kier molecular flexibility index (Phi) is 3.48. The molecular formula is C19H19N3O2S. The molecule has 0 radical (unpaired) electrons. The molecule has 0 N–H and O–H groups in total. The first-order chi connectivity index (χ1) is 12.2. The largest absolute Gasteiger partial charge is 0.423 e. The number of hydrogen-bond donors (Lipinski definition) is 0. The fraction of sp³-hybridized carbons (Fsp3) is 0.421. The molecule has 2 heterocycles. The predicted octanol–water partition coefficient (Wildman–Crippen LogP) is 3.58. The van der Waals surface area contributed by atoms with Gasteiger partial charge in [-0.3, -0.25) is 0 Å². The van der Waals surface area contributed by atoms with Crippen LogP contribution in [0.4, 0.5) is 0 Å². The number of rotatable bonds is 4. The Bertz CT molecular complexity index is 1030. The minimum atomic E-state index is -0.280. The van der Waals surface area contributed by atoms with Crippen LogP contribution in [0.5, 0.6) is 0 Å². The Morgan fingerprint density at radius 2 is 2.00 bits per heavy atom. The van der Waals surface area contributed by atoms with Crippen LogP contribution in [-0.4, -0.2) is 14.8 Å². The van der Waals surface area contributed by atoms with Crippen LogP contribution in [0.2, 0.25) is 0 Å². The van der Waals surface area contributed by atoms with Crippen molar-refractivity contribution in [1.82, 2.24) is 14.8 Å². The van der Waals surface area contributed by atoms with Gasteiger partial charge in [0, 0.05) is 30.2 Å². The molecule has 2 aliphatic carbocycles. The number of aromatic nitrogens is 3. The van der Waals surface area contributed by atoms with Crippen molar-refractivity contribution >= 4 is 22.7 Å². The lowest BCUT2D eigenvalue weighted by Crippen LogP contribution is -2.02. The van der Waals surface area contributed by atoms with Gasteiger partial charge in [-0.1, -0.05) is 11.8 Å². The lowest BCUT2D eigenvalue weighted by atomic mass is 10.0. The predicted molar refractivity (Wildman–Crippen MR) is 97.0 cm³/mol. The SMILES string of the molecule is Cn1c(SCc2cc(=O)oc3cc4c(cc23)CCC4)nnc1C1CC1. The van der Waals surface area contributed by atoms with Gasteiger partial charge < -0.3 is 8.98 Å². The van der Waals surface area contributed by atoms with E-state index in [2.05, 4.69) is 26.9 Å². The van der Waals surface area contributed by atoms with Gasteiger partial charge in [-0.05, 0) is 60.9 Å². The molecule has 0 spiro atoms. The molecule has 25 heavy (non-hydrogen) atoms. The quantitative estimate of drug-likeness (QED) is 0.530. The van der Waals surface area contributed by atoms with Crippen LogP contribution in [0.15, 0.2) is 32.6 Å². The molecule has 128 valence electrons. The van der Waals surface area contributed by atoms with Crippen LogP contribution in [-0.2, 0) is 25.6 Å². The van der Waals surface area contributed by atoms with Crippen LogP contribution < -0.4 is 5.63 Å². The summed E-state index contributed by atoms with van der Waals surface area (Å²) >= 11 is 1.63. The van der Waals surface area contributed by atoms with Gasteiger partial charge >= 0.3 is 5.63 Å². The van der Waals surface area contributed by atoms with Crippen molar-refractivity contribution in [3.8, 4) is 0 Å². The lowest BCUT2D eigenvalue weighted by molar-refractivity contribution is 0.559. The second kappa shape index (κ2) is 5.73. The molecule has 3 aromatic rings. The minimum Gasteiger partial charge on any atom is -0.423 e. The Labute approximate surface area is 149 Å². The van der Waals surface area contributed by atoms with Gasteiger partial charge in [0.2, 0.25) is 0 Å². The Balaban J connectivity index is 1.49. The average Bonchev–Trinajstić information content (AvgIpc) is 3.22. The van der Waals surface area contributed by atoms with E-state index in [1.807, 2.05) is 7.05 Å². The maximum absolute atomic E-state index is 12.0. The molecule has 0 bridgehead atoms. The minimum absolute atomic E-state index is 0.280. The fourth-order valence-electron chi connectivity index (χ4n) is 3.71. The topological polar surface area (TPSA) is 60.9 Å². The van der Waals surface area contributed by atoms with Crippen LogP contribution in [0.25, 0.3) is 11.0 Å². The maximum atomic E-state index is 12.0. The maximum Gasteiger partial charge on any atom is 0.336 e. The lowest BCUT2D eigenvalue weighted by Gasteiger charge is -2.08. The third-order valence-electron chi connectivity index (χ3n) is 5.21. The number of hydrogen-bond acceptors (Lipinski definition) is 5. The molecule has 2 aromatic heterocycles. The summed E-state index contributed by atoms with van der Waals surface area (Å²) < 4.78 is 7.54. The third-order valence-corrected chi connectivity index (χ3v) is 6.28. The highest BCUT2D eigenvalue weighted by Crippen LogP contribution is 2.40. The zero-order valence-corrected chi connectivity index (χ0v) is 14.9. The van der Waals surface area contributed by atoms with E-state index in [9.17, 15) is 4.79 Å². The third kappa shape index (κ3) is 2.68. The molecule has 1 saturated carbocycles. The van der Waals surface area contributed by atoms with Gasteiger partial charge in [-0.2, -0.15) is 0 Å². The van der Waals surface area contributed by atoms with Crippen molar-refractivity contribution in [1.29, 1.82) is 0 Å². The second-order valence-corrected chi connectivity index (χ2v) is 7.97. The average molecular weight is 353 g/mol. The first kappa shape index (κ1) is 15.2. The molecule has 0 aliphatic heterocycles. The second-order valence-electron chi connectivity index (χ2n) is 7.02. The van der Waals surface area contributed by atoms with Crippen molar-refractivity contribution in [3.05, 3.63) is 51.1 Å². The number of fused-ring (bicyclic) bond motifs is 2. The normalized spacial score (nSPS) is 16.5. The zero-order chi connectivity index (χ0) is 17.0. The molecule has 1 aromatic carbocycles. The first-order valence-electron chi connectivity index (χ1n) is 8.79. The molecule has 0 saturated heterocycles. The van der Waals surface area contributed by atoms with Crippen LogP contribution in [0.3, 0.4) is 0 Å². The smallest absolute Gasteiger partial charge is 0.336 e. The molecule has 5 nitrogen and oxygen atoms in total. The zero-order valence-electron chi connectivity index (χ0n) is 14.1. The van der Waals surface area contributed by atoms with Crippen molar-refractivity contribution < 1.29 is 4.42 Å². The first-order valence-corrected chi connectivity index (χ1v) is 9.78. The Morgan fingerprint density at radius 3 is 2.80 bits per heavy atom. The van der Waals surface area contributed by atoms with Crippen LogP contribution in [0, 0.1) is 0 Å². The molecule has 6 heteroatoms. The van der Waals surface area contributed by atoms with Crippen LogP contribution >= 0.6 is 11.8 Å². The summed E-state index contributed by atoms with van der Waals surface area (Å²) in [5, 5.41) is 10.6. The summed E-state index contributed by atoms with van der Waals surface area (Å²) in [6.07, 6.45) is 5.81. The summed E-state index contributed by atoms with van der Waals surface area (Å²) in [5.74, 6) is 2.36. The van der Waals surface area contributed by atoms with E-state index in [0.717, 1.165) is 34.8 Å². The van der Waals surface area contributed by atoms with Gasteiger partial charge in [-0.25, -0.2) is 4.79 Å². The highest BCUT2D eigenvalue weighted by atomic mass is 32.2. The molecule has 5 rings (SSSR count). The van der Waals surface area contributed by atoms with Gasteiger partial charge in [-0.15, -0.1) is 10.2 Å². The monoisotopic (exact) mass is 353 g/mol. The summed E-state index contributed by atoms with van der Waals surface area (Å²) in [7, 11) is 2.03. The standard InChI is InChI=1S/C19H19N3O2S/c1-22-18(11-5-6-11)20-21-19(22)25-10-14-9-17(23)24-16-8-13-4-2-3-12(13)7-15(14)16/h7-9,11H,2-6,10H2,1H3. The highest BCUT2D eigenvalue weighted by molar-refractivity contribution is 7.98. The van der Waals surface area contributed by atoms with E-state index in [1.54, 1.807) is 17.8 Å². The summed E-state index contributed by atoms with van der Waals surface area (Å²) in [4.78, 5) is 12.0. The van der Waals surface area contributed by atoms with E-state index >= 15 is 0 Å². The van der Waals surface area contributed by atoms with Crippen molar-refractivity contribution in [2.24, 2.45) is 7.05 Å². The van der Waals surface area contributed by atoms with E-state index in [-0.39, 0.29) is 5.63 Å². The van der Waals surface area contributed by atoms with Gasteiger partial charge in [0.15, 0.2) is 5.16 Å². The molecule has 0 unspecified atom stereocenters. The number of nitrogens with zero attached hydrogens (tertiary/aromatic N) is 3. The van der Waals surface area contributed by atoms with Gasteiger partial charge in [0.05, 0.1) is 0 Å². The van der Waals surface area contributed by atoms with Crippen molar-refractivity contribution in [2.75, 3.05) is 0 Å². The molecule has 2 aliphatic rings. The van der Waals surface area contributed by atoms with Gasteiger partial charge in [0.1, 0.15) is 11.4 Å². The number of benzene rings is 1. The molecule has 1 fully saturated rings. The molecule has 0 atom stereocenters. The Morgan fingerprint density at radius 1 is 1.20 bits per heavy atom. The van der Waals surface area contributed by atoms with Gasteiger partial charge in [0.25, 0.3) is 0 Å². The summed E-state index contributed by atoms with van der Waals surface area (Å²) in [5.41, 5.74) is 4.16. The summed E-state index contributed by atoms with van der Waals surface area (Å²) in [6.45, 7) is 0. The highest BCUT2D eigenvalue weighted by Gasteiger charge is 2.29. The fourth-order valence-corrected chi connectivity index (χ4v) is 4.61. The van der Waals surface area contributed by atoms with E-state index in [4.69, 9.17) is 4.42 Å². The van der Waals surface area contributed by atoms with Crippen molar-refractivity contribution in [2.45, 2.75) is 48.9 Å². The molecular weight excluding hydrogens is 334 g/mol. The van der Waals surface area contributed by atoms with Crippen LogP contribution in [0.1, 0.15) is 47.7 Å². The number of aryl methyl sites for hydroxylation is 2. The van der Waals surface area contributed by atoms with Crippen molar-refractivity contribution in [3.63, 3.8) is 0 Å². The van der Waals surface area contributed by atoms with E-state index in [0.29, 0.717) is 17.3 Å². The number of thioether (sulfide) groups is 1. The summed E-state index contributed by atoms with van der Waals surface area (Å²) in [6, 6.07) is 5.89. The van der Waals surface area contributed by atoms with E-state index in [1.165, 1.54) is 30.4 Å². The molecule has 0 amide bonds. The Hall–Kier alpha value is -2.08. The van der Waals surface area contributed by atoms with E-state index < -0.39 is 0 Å².